The van der Waals surface area contributed by atoms with Crippen LogP contribution in [0, 0.1) is 6.92 Å². The standard InChI is InChI=1S/C14H19ClN2O2/c1-10-11(5-6-12(15)16-10)13(18)17(2)9-14(19)7-3-4-8-14/h5-6,19H,3-4,7-9H2,1-2H3. The minimum atomic E-state index is -0.724. The fraction of sp³-hybridized carbons (Fsp3) is 0.571. The van der Waals surface area contributed by atoms with Gasteiger partial charge in [0.1, 0.15) is 5.15 Å². The van der Waals surface area contributed by atoms with Crippen LogP contribution in [0.15, 0.2) is 12.1 Å². The number of carbonyl (C=O) groups excluding carboxylic acids is 1. The average molecular weight is 283 g/mol. The van der Waals surface area contributed by atoms with Crippen LogP contribution >= 0.6 is 11.6 Å². The first-order valence-electron chi connectivity index (χ1n) is 6.52. The highest BCUT2D eigenvalue weighted by Gasteiger charge is 2.33. The molecule has 0 saturated heterocycles. The summed E-state index contributed by atoms with van der Waals surface area (Å²) in [6, 6.07) is 3.29. The van der Waals surface area contributed by atoms with Gasteiger partial charge in [0.05, 0.1) is 16.9 Å². The van der Waals surface area contributed by atoms with Crippen LogP contribution in [0.2, 0.25) is 5.15 Å². The van der Waals surface area contributed by atoms with Crippen molar-refractivity contribution in [3.8, 4) is 0 Å². The van der Waals surface area contributed by atoms with Gasteiger partial charge in [0.2, 0.25) is 0 Å². The van der Waals surface area contributed by atoms with Crippen molar-refractivity contribution in [3.05, 3.63) is 28.5 Å². The Morgan fingerprint density at radius 2 is 2.11 bits per heavy atom. The van der Waals surface area contributed by atoms with Crippen LogP contribution in [0.25, 0.3) is 0 Å². The van der Waals surface area contributed by atoms with Crippen LogP contribution in [0.3, 0.4) is 0 Å². The molecule has 0 spiro atoms. The van der Waals surface area contributed by atoms with E-state index < -0.39 is 5.60 Å². The number of pyridine rings is 1. The first-order valence-corrected chi connectivity index (χ1v) is 6.90. The molecule has 1 aromatic heterocycles. The third-order valence-electron chi connectivity index (χ3n) is 3.69. The van der Waals surface area contributed by atoms with Gasteiger partial charge in [-0.05, 0) is 31.9 Å². The zero-order valence-corrected chi connectivity index (χ0v) is 12.1. The molecular weight excluding hydrogens is 264 g/mol. The molecule has 0 unspecified atom stereocenters. The summed E-state index contributed by atoms with van der Waals surface area (Å²) < 4.78 is 0. The third-order valence-corrected chi connectivity index (χ3v) is 3.91. The minimum Gasteiger partial charge on any atom is -0.388 e. The smallest absolute Gasteiger partial charge is 0.255 e. The van der Waals surface area contributed by atoms with E-state index in [-0.39, 0.29) is 5.91 Å². The molecule has 0 aliphatic heterocycles. The number of rotatable bonds is 3. The molecule has 1 aliphatic carbocycles. The highest BCUT2D eigenvalue weighted by atomic mass is 35.5. The number of halogens is 1. The molecule has 0 atom stereocenters. The highest BCUT2D eigenvalue weighted by Crippen LogP contribution is 2.30. The zero-order valence-electron chi connectivity index (χ0n) is 11.3. The van der Waals surface area contributed by atoms with E-state index in [4.69, 9.17) is 11.6 Å². The Kier molecular flexibility index (Phi) is 4.11. The fourth-order valence-electron chi connectivity index (χ4n) is 2.67. The van der Waals surface area contributed by atoms with E-state index in [1.165, 1.54) is 0 Å². The van der Waals surface area contributed by atoms with Gasteiger partial charge in [-0.3, -0.25) is 4.79 Å². The lowest BCUT2D eigenvalue weighted by atomic mass is 10.0. The molecule has 0 aromatic carbocycles. The van der Waals surface area contributed by atoms with Crippen LogP contribution in [0.5, 0.6) is 0 Å². The molecule has 1 aromatic rings. The number of carbonyl (C=O) groups is 1. The molecule has 5 heteroatoms. The lowest BCUT2D eigenvalue weighted by molar-refractivity contribution is 0.0156. The predicted octanol–water partition coefficient (Wildman–Crippen LogP) is 2.42. The summed E-state index contributed by atoms with van der Waals surface area (Å²) in [6.07, 6.45) is 3.59. The van der Waals surface area contributed by atoms with Gasteiger partial charge < -0.3 is 10.0 Å². The maximum absolute atomic E-state index is 12.3. The van der Waals surface area contributed by atoms with Crippen molar-refractivity contribution in [3.63, 3.8) is 0 Å². The Morgan fingerprint density at radius 3 is 2.68 bits per heavy atom. The lowest BCUT2D eigenvalue weighted by Gasteiger charge is -2.28. The van der Waals surface area contributed by atoms with Crippen molar-refractivity contribution in [1.82, 2.24) is 9.88 Å². The van der Waals surface area contributed by atoms with Gasteiger partial charge in [-0.2, -0.15) is 0 Å². The summed E-state index contributed by atoms with van der Waals surface area (Å²) in [6.45, 7) is 2.13. The van der Waals surface area contributed by atoms with E-state index in [1.54, 1.807) is 31.0 Å². The van der Waals surface area contributed by atoms with E-state index in [0.717, 1.165) is 25.7 Å². The van der Waals surface area contributed by atoms with Gasteiger partial charge in [-0.25, -0.2) is 4.98 Å². The van der Waals surface area contributed by atoms with E-state index in [1.807, 2.05) is 0 Å². The van der Waals surface area contributed by atoms with Gasteiger partial charge in [0.25, 0.3) is 5.91 Å². The first kappa shape index (κ1) is 14.3. The summed E-state index contributed by atoms with van der Waals surface area (Å²) in [5.41, 5.74) is 0.425. The maximum Gasteiger partial charge on any atom is 0.255 e. The van der Waals surface area contributed by atoms with Crippen molar-refractivity contribution in [2.24, 2.45) is 0 Å². The molecule has 1 fully saturated rings. The highest BCUT2D eigenvalue weighted by molar-refractivity contribution is 6.29. The third kappa shape index (κ3) is 3.25. The van der Waals surface area contributed by atoms with Crippen LogP contribution in [-0.2, 0) is 0 Å². The number of likely N-dealkylation sites (N-methyl/N-ethyl adjacent to an activating group) is 1. The second-order valence-corrected chi connectivity index (χ2v) is 5.75. The first-order chi connectivity index (χ1) is 8.91. The Morgan fingerprint density at radius 1 is 1.47 bits per heavy atom. The summed E-state index contributed by atoms with van der Waals surface area (Å²) in [5.74, 6) is -0.123. The molecule has 1 aliphatic rings. The molecule has 1 heterocycles. The van der Waals surface area contributed by atoms with Gasteiger partial charge >= 0.3 is 0 Å². The molecular formula is C14H19ClN2O2. The second-order valence-electron chi connectivity index (χ2n) is 5.36. The zero-order chi connectivity index (χ0) is 14.0. The van der Waals surface area contributed by atoms with E-state index in [0.29, 0.717) is 23.0 Å². The monoisotopic (exact) mass is 282 g/mol. The SMILES string of the molecule is Cc1nc(Cl)ccc1C(=O)N(C)CC1(O)CCCC1. The Balaban J connectivity index is 2.10. The van der Waals surface area contributed by atoms with E-state index >= 15 is 0 Å². The van der Waals surface area contributed by atoms with Crippen molar-refractivity contribution in [2.45, 2.75) is 38.2 Å². The number of hydrogen-bond donors (Lipinski definition) is 1. The van der Waals surface area contributed by atoms with Crippen LogP contribution in [0.4, 0.5) is 0 Å². The van der Waals surface area contributed by atoms with Gasteiger partial charge in [0, 0.05) is 13.6 Å². The molecule has 1 N–H and O–H groups in total. The van der Waals surface area contributed by atoms with Crippen LogP contribution in [0.1, 0.15) is 41.7 Å². The van der Waals surface area contributed by atoms with Crippen molar-refractivity contribution >= 4 is 17.5 Å². The Hall–Kier alpha value is -1.13. The second kappa shape index (κ2) is 5.47. The van der Waals surface area contributed by atoms with Crippen LogP contribution in [-0.4, -0.2) is 40.1 Å². The summed E-state index contributed by atoms with van der Waals surface area (Å²) in [4.78, 5) is 18.0. The molecule has 19 heavy (non-hydrogen) atoms. The molecule has 4 nitrogen and oxygen atoms in total. The normalized spacial score (nSPS) is 17.5. The van der Waals surface area contributed by atoms with E-state index in [9.17, 15) is 9.90 Å². The summed E-state index contributed by atoms with van der Waals surface area (Å²) in [5, 5.41) is 10.7. The Labute approximate surface area is 118 Å². The molecule has 1 saturated carbocycles. The fourth-order valence-corrected chi connectivity index (χ4v) is 2.86. The minimum absolute atomic E-state index is 0.123. The largest absolute Gasteiger partial charge is 0.388 e. The average Bonchev–Trinajstić information content (AvgIpc) is 2.75. The maximum atomic E-state index is 12.3. The van der Waals surface area contributed by atoms with Crippen molar-refractivity contribution in [2.75, 3.05) is 13.6 Å². The quantitative estimate of drug-likeness (QED) is 0.866. The van der Waals surface area contributed by atoms with Gasteiger partial charge in [-0.15, -0.1) is 0 Å². The molecule has 0 radical (unpaired) electrons. The predicted molar refractivity (Wildman–Crippen MR) is 74.4 cm³/mol. The lowest BCUT2D eigenvalue weighted by Crippen LogP contribution is -2.42. The number of aliphatic hydroxyl groups is 1. The number of amides is 1. The molecule has 2 rings (SSSR count). The Bertz CT molecular complexity index is 484. The molecule has 1 amide bonds. The van der Waals surface area contributed by atoms with Crippen LogP contribution < -0.4 is 0 Å². The summed E-state index contributed by atoms with van der Waals surface area (Å²) in [7, 11) is 1.71. The molecule has 0 bridgehead atoms. The van der Waals surface area contributed by atoms with Gasteiger partial charge in [-0.1, -0.05) is 24.4 Å². The number of aromatic nitrogens is 1. The van der Waals surface area contributed by atoms with Crippen molar-refractivity contribution < 1.29 is 9.90 Å². The topological polar surface area (TPSA) is 53.4 Å². The van der Waals surface area contributed by atoms with Crippen molar-refractivity contribution in [1.29, 1.82) is 0 Å². The van der Waals surface area contributed by atoms with Gasteiger partial charge in [0.15, 0.2) is 0 Å². The number of nitrogens with zero attached hydrogens (tertiary/aromatic N) is 2. The van der Waals surface area contributed by atoms with E-state index in [2.05, 4.69) is 4.98 Å². The number of aryl methyl sites for hydroxylation is 1. The summed E-state index contributed by atoms with van der Waals surface area (Å²) >= 11 is 5.78. The molecule has 104 valence electrons. The number of hydrogen-bond acceptors (Lipinski definition) is 3.